The minimum absolute atomic E-state index is 0.135. The predicted molar refractivity (Wildman–Crippen MR) is 112 cm³/mol. The molecule has 1 aromatic heterocycles. The maximum atomic E-state index is 12.6. The molecule has 3 rings (SSSR count). The van der Waals surface area contributed by atoms with Crippen LogP contribution in [0.25, 0.3) is 0 Å². The number of nitrogens with one attached hydrogen (secondary N) is 3. The summed E-state index contributed by atoms with van der Waals surface area (Å²) in [6.07, 6.45) is 3.16. The van der Waals surface area contributed by atoms with E-state index >= 15 is 0 Å². The average molecular weight is 374 g/mol. The summed E-state index contributed by atoms with van der Waals surface area (Å²) in [5.41, 5.74) is 5.51. The summed E-state index contributed by atoms with van der Waals surface area (Å²) in [5.74, 6) is -0.364. The minimum atomic E-state index is -0.229. The zero-order chi connectivity index (χ0) is 20.1. The minimum Gasteiger partial charge on any atom is -0.354 e. The SMILES string of the molecule is CC(=O)Nc1cccc(Nc2cncc(C(=O)Nc3cc(C)cc(C)c3)c2)c1. The van der Waals surface area contributed by atoms with Crippen LogP contribution in [-0.2, 0) is 4.79 Å². The summed E-state index contributed by atoms with van der Waals surface area (Å²) < 4.78 is 0. The average Bonchev–Trinajstić information content (AvgIpc) is 2.61. The lowest BCUT2D eigenvalue weighted by molar-refractivity contribution is -0.114. The number of benzene rings is 2. The molecule has 3 aromatic rings. The van der Waals surface area contributed by atoms with E-state index in [9.17, 15) is 9.59 Å². The summed E-state index contributed by atoms with van der Waals surface area (Å²) in [6, 6.07) is 14.9. The fraction of sp³-hybridized carbons (Fsp3) is 0.136. The van der Waals surface area contributed by atoms with Gasteiger partial charge in [0.05, 0.1) is 17.4 Å². The van der Waals surface area contributed by atoms with Crippen molar-refractivity contribution in [3.63, 3.8) is 0 Å². The van der Waals surface area contributed by atoms with Crippen molar-refractivity contribution in [1.82, 2.24) is 4.98 Å². The lowest BCUT2D eigenvalue weighted by atomic mass is 10.1. The first kappa shape index (κ1) is 19.1. The van der Waals surface area contributed by atoms with Crippen LogP contribution in [0.5, 0.6) is 0 Å². The van der Waals surface area contributed by atoms with Crippen molar-refractivity contribution in [2.45, 2.75) is 20.8 Å². The van der Waals surface area contributed by atoms with Crippen LogP contribution in [0.3, 0.4) is 0 Å². The second-order valence-corrected chi connectivity index (χ2v) is 6.68. The van der Waals surface area contributed by atoms with Crippen molar-refractivity contribution in [3.8, 4) is 0 Å². The number of hydrogen-bond donors (Lipinski definition) is 3. The topological polar surface area (TPSA) is 83.1 Å². The molecule has 6 heteroatoms. The van der Waals surface area contributed by atoms with Crippen molar-refractivity contribution >= 4 is 34.6 Å². The van der Waals surface area contributed by atoms with E-state index in [2.05, 4.69) is 27.0 Å². The molecule has 0 atom stereocenters. The number of carbonyl (C=O) groups excluding carboxylic acids is 2. The van der Waals surface area contributed by atoms with Gasteiger partial charge in [0.25, 0.3) is 5.91 Å². The molecule has 0 saturated heterocycles. The zero-order valence-electron chi connectivity index (χ0n) is 16.0. The molecule has 3 N–H and O–H groups in total. The lowest BCUT2D eigenvalue weighted by Gasteiger charge is -2.11. The van der Waals surface area contributed by atoms with Crippen LogP contribution < -0.4 is 16.0 Å². The van der Waals surface area contributed by atoms with Gasteiger partial charge in [-0.05, 0) is 61.4 Å². The highest BCUT2D eigenvalue weighted by molar-refractivity contribution is 6.04. The Labute approximate surface area is 164 Å². The van der Waals surface area contributed by atoms with Gasteiger partial charge in [0, 0.05) is 30.2 Å². The first-order valence-corrected chi connectivity index (χ1v) is 8.88. The quantitative estimate of drug-likeness (QED) is 0.607. The first-order valence-electron chi connectivity index (χ1n) is 8.88. The van der Waals surface area contributed by atoms with E-state index in [1.165, 1.54) is 13.1 Å². The molecule has 0 aliphatic rings. The van der Waals surface area contributed by atoms with Crippen molar-refractivity contribution in [2.24, 2.45) is 0 Å². The molecule has 0 aliphatic heterocycles. The van der Waals surface area contributed by atoms with Crippen LogP contribution in [-0.4, -0.2) is 16.8 Å². The maximum absolute atomic E-state index is 12.6. The zero-order valence-corrected chi connectivity index (χ0v) is 16.0. The Kier molecular flexibility index (Phi) is 5.69. The number of anilines is 4. The van der Waals surface area contributed by atoms with Crippen LogP contribution >= 0.6 is 0 Å². The maximum Gasteiger partial charge on any atom is 0.257 e. The van der Waals surface area contributed by atoms with Crippen LogP contribution in [0.15, 0.2) is 60.9 Å². The van der Waals surface area contributed by atoms with Crippen molar-refractivity contribution in [1.29, 1.82) is 0 Å². The molecule has 0 bridgehead atoms. The second kappa shape index (κ2) is 8.35. The van der Waals surface area contributed by atoms with E-state index in [1.807, 2.05) is 44.2 Å². The smallest absolute Gasteiger partial charge is 0.257 e. The van der Waals surface area contributed by atoms with Gasteiger partial charge in [0.2, 0.25) is 5.91 Å². The number of carbonyl (C=O) groups is 2. The van der Waals surface area contributed by atoms with Crippen molar-refractivity contribution in [3.05, 3.63) is 77.6 Å². The Bertz CT molecular complexity index is 1010. The Morgan fingerprint density at radius 2 is 1.50 bits per heavy atom. The van der Waals surface area contributed by atoms with Gasteiger partial charge in [-0.3, -0.25) is 14.6 Å². The number of aryl methyl sites for hydroxylation is 2. The lowest BCUT2D eigenvalue weighted by Crippen LogP contribution is -2.12. The van der Waals surface area contributed by atoms with Crippen molar-refractivity contribution in [2.75, 3.05) is 16.0 Å². The van der Waals surface area contributed by atoms with Crippen molar-refractivity contribution < 1.29 is 9.59 Å². The number of hydrogen-bond acceptors (Lipinski definition) is 4. The van der Waals surface area contributed by atoms with Crippen LogP contribution in [0.2, 0.25) is 0 Å². The summed E-state index contributed by atoms with van der Waals surface area (Å²) in [5, 5.41) is 8.85. The van der Waals surface area contributed by atoms with Gasteiger partial charge in [0.1, 0.15) is 0 Å². The van der Waals surface area contributed by atoms with Gasteiger partial charge in [-0.15, -0.1) is 0 Å². The van der Waals surface area contributed by atoms with E-state index in [-0.39, 0.29) is 11.8 Å². The molecule has 0 spiro atoms. The Morgan fingerprint density at radius 3 is 2.21 bits per heavy atom. The summed E-state index contributed by atoms with van der Waals surface area (Å²) >= 11 is 0. The molecule has 2 aromatic carbocycles. The molecule has 1 heterocycles. The monoisotopic (exact) mass is 374 g/mol. The summed E-state index contributed by atoms with van der Waals surface area (Å²) in [4.78, 5) is 28.0. The van der Waals surface area contributed by atoms with E-state index < -0.39 is 0 Å². The number of aromatic nitrogens is 1. The molecular formula is C22H22N4O2. The molecule has 2 amide bonds. The third kappa shape index (κ3) is 5.17. The molecule has 0 aliphatic carbocycles. The summed E-state index contributed by atoms with van der Waals surface area (Å²) in [7, 11) is 0. The molecule has 0 unspecified atom stereocenters. The fourth-order valence-electron chi connectivity index (χ4n) is 2.93. The molecule has 28 heavy (non-hydrogen) atoms. The third-order valence-corrected chi connectivity index (χ3v) is 3.95. The number of nitrogens with zero attached hydrogens (tertiary/aromatic N) is 1. The number of amides is 2. The van der Waals surface area contributed by atoms with E-state index in [0.29, 0.717) is 16.9 Å². The predicted octanol–water partition coefficient (Wildman–Crippen LogP) is 4.65. The van der Waals surface area contributed by atoms with Gasteiger partial charge in [-0.25, -0.2) is 0 Å². The molecule has 0 radical (unpaired) electrons. The Balaban J connectivity index is 1.75. The Hall–Kier alpha value is -3.67. The van der Waals surface area contributed by atoms with Gasteiger partial charge >= 0.3 is 0 Å². The van der Waals surface area contributed by atoms with Gasteiger partial charge < -0.3 is 16.0 Å². The van der Waals surface area contributed by atoms with Crippen LogP contribution in [0, 0.1) is 13.8 Å². The third-order valence-electron chi connectivity index (χ3n) is 3.95. The highest BCUT2D eigenvalue weighted by Gasteiger charge is 2.09. The van der Waals surface area contributed by atoms with E-state index in [0.717, 1.165) is 22.5 Å². The standard InChI is InChI=1S/C22H22N4O2/c1-14-7-15(2)9-20(8-14)26-22(28)17-10-21(13-23-12-17)25-19-6-4-5-18(11-19)24-16(3)27/h4-13,25H,1-3H3,(H,24,27)(H,26,28). The largest absolute Gasteiger partial charge is 0.354 e. The normalized spacial score (nSPS) is 10.2. The highest BCUT2D eigenvalue weighted by Crippen LogP contribution is 2.21. The number of rotatable bonds is 5. The van der Waals surface area contributed by atoms with Gasteiger partial charge in [-0.1, -0.05) is 12.1 Å². The molecular weight excluding hydrogens is 352 g/mol. The van der Waals surface area contributed by atoms with Crippen LogP contribution in [0.4, 0.5) is 22.7 Å². The van der Waals surface area contributed by atoms with E-state index in [4.69, 9.17) is 0 Å². The van der Waals surface area contributed by atoms with Crippen LogP contribution in [0.1, 0.15) is 28.4 Å². The molecule has 6 nitrogen and oxygen atoms in total. The molecule has 0 fully saturated rings. The highest BCUT2D eigenvalue weighted by atomic mass is 16.2. The van der Waals surface area contributed by atoms with Gasteiger partial charge in [-0.2, -0.15) is 0 Å². The number of pyridine rings is 1. The summed E-state index contributed by atoms with van der Waals surface area (Å²) in [6.45, 7) is 5.44. The van der Waals surface area contributed by atoms with Gasteiger partial charge in [0.15, 0.2) is 0 Å². The fourth-order valence-corrected chi connectivity index (χ4v) is 2.93. The van der Waals surface area contributed by atoms with E-state index in [1.54, 1.807) is 18.3 Å². The molecule has 142 valence electrons. The first-order chi connectivity index (χ1) is 13.4. The Morgan fingerprint density at radius 1 is 0.786 bits per heavy atom. The molecule has 0 saturated carbocycles. The second-order valence-electron chi connectivity index (χ2n) is 6.68.